The highest BCUT2D eigenvalue weighted by atomic mass is 32.2. The number of nitrogens with zero attached hydrogens (tertiary/aromatic N) is 2. The fourth-order valence-corrected chi connectivity index (χ4v) is 4.93. The molecule has 0 spiro atoms. The van der Waals surface area contributed by atoms with Gasteiger partial charge >= 0.3 is 11.9 Å². The molecule has 9 nitrogen and oxygen atoms in total. The average Bonchev–Trinajstić information content (AvgIpc) is 3.24. The summed E-state index contributed by atoms with van der Waals surface area (Å²) in [5, 5.41) is 12.8. The maximum absolute atomic E-state index is 13.0. The lowest BCUT2D eigenvalue weighted by atomic mass is 9.84. The molecular formula is C21H26FN3O6S. The van der Waals surface area contributed by atoms with E-state index in [1.165, 1.54) is 32.1 Å². The molecule has 2 aromatic rings. The molecule has 0 aliphatic heterocycles. The van der Waals surface area contributed by atoms with Crippen molar-refractivity contribution in [3.63, 3.8) is 0 Å². The number of sulfonamides is 1. The Morgan fingerprint density at radius 2 is 1.88 bits per heavy atom. The molecule has 1 unspecified atom stereocenters. The van der Waals surface area contributed by atoms with E-state index in [2.05, 4.69) is 10.1 Å². The predicted molar refractivity (Wildman–Crippen MR) is 111 cm³/mol. The van der Waals surface area contributed by atoms with Crippen molar-refractivity contribution in [1.29, 1.82) is 0 Å². The Hall–Kier alpha value is -2.82. The Balaban J connectivity index is 1.64. The maximum Gasteiger partial charge on any atom is 0.306 e. The zero-order valence-electron chi connectivity index (χ0n) is 17.5. The summed E-state index contributed by atoms with van der Waals surface area (Å²) in [5.41, 5.74) is 0. The smallest absolute Gasteiger partial charge is 0.306 e. The quantitative estimate of drug-likeness (QED) is 0.540. The molecule has 1 aliphatic rings. The highest BCUT2D eigenvalue weighted by Gasteiger charge is 2.27. The molecule has 0 radical (unpaired) electrons. The van der Waals surface area contributed by atoms with Gasteiger partial charge in [-0.05, 0) is 36.6 Å². The van der Waals surface area contributed by atoms with E-state index >= 15 is 0 Å². The van der Waals surface area contributed by atoms with Crippen molar-refractivity contribution in [3.8, 4) is 0 Å². The molecule has 0 bridgehead atoms. The summed E-state index contributed by atoms with van der Waals surface area (Å²) in [6.45, 7) is 0. The van der Waals surface area contributed by atoms with Crippen molar-refractivity contribution in [1.82, 2.24) is 14.9 Å². The van der Waals surface area contributed by atoms with Crippen LogP contribution in [0.4, 0.5) is 4.39 Å². The number of carboxylic acids is 1. The highest BCUT2D eigenvalue weighted by molar-refractivity contribution is 7.90. The van der Waals surface area contributed by atoms with Gasteiger partial charge in [-0.1, -0.05) is 50.1 Å². The van der Waals surface area contributed by atoms with E-state index in [0.29, 0.717) is 12.3 Å². The number of carboxylic acid groups (broad SMARTS) is 1. The SMILES string of the molecule is O=C(O)CC(CCCC1CCCCC1)c1nc(C(=O)NS(=O)(=O)c2ccc(F)cc2)no1. The minimum Gasteiger partial charge on any atom is -0.481 e. The van der Waals surface area contributed by atoms with Gasteiger partial charge in [0.25, 0.3) is 15.8 Å². The first kappa shape index (κ1) is 23.8. The van der Waals surface area contributed by atoms with Crippen molar-refractivity contribution in [2.75, 3.05) is 0 Å². The van der Waals surface area contributed by atoms with Crippen LogP contribution in [0.15, 0.2) is 33.7 Å². The lowest BCUT2D eigenvalue weighted by Gasteiger charge is -2.21. The van der Waals surface area contributed by atoms with E-state index in [0.717, 1.165) is 37.1 Å². The van der Waals surface area contributed by atoms with Gasteiger partial charge in [0.1, 0.15) is 5.82 Å². The van der Waals surface area contributed by atoms with Gasteiger partial charge in [-0.25, -0.2) is 17.5 Å². The van der Waals surface area contributed by atoms with Crippen LogP contribution in [-0.2, 0) is 14.8 Å². The van der Waals surface area contributed by atoms with Crippen LogP contribution in [0.1, 0.15) is 80.2 Å². The minimum absolute atomic E-state index is 0.0135. The van der Waals surface area contributed by atoms with Crippen LogP contribution in [0, 0.1) is 11.7 Å². The average molecular weight is 468 g/mol. The second-order valence-electron chi connectivity index (χ2n) is 8.07. The van der Waals surface area contributed by atoms with Gasteiger partial charge in [0.2, 0.25) is 5.89 Å². The Morgan fingerprint density at radius 1 is 1.19 bits per heavy atom. The molecule has 1 fully saturated rings. The zero-order chi connectivity index (χ0) is 23.1. The molecule has 3 rings (SSSR count). The number of carbonyl (C=O) groups is 2. The van der Waals surface area contributed by atoms with Gasteiger partial charge in [-0.3, -0.25) is 9.59 Å². The number of benzene rings is 1. The molecule has 1 amide bonds. The van der Waals surface area contributed by atoms with Crippen molar-refractivity contribution in [3.05, 3.63) is 41.8 Å². The third-order valence-electron chi connectivity index (χ3n) is 5.66. The number of halogens is 1. The Bertz CT molecular complexity index is 1030. The second kappa shape index (κ2) is 10.7. The Labute approximate surface area is 185 Å². The first-order chi connectivity index (χ1) is 15.2. The molecule has 1 aliphatic carbocycles. The van der Waals surface area contributed by atoms with E-state index in [1.54, 1.807) is 4.72 Å². The Kier molecular flexibility index (Phi) is 7.94. The van der Waals surface area contributed by atoms with E-state index < -0.39 is 39.5 Å². The van der Waals surface area contributed by atoms with Gasteiger partial charge in [0.05, 0.1) is 11.3 Å². The monoisotopic (exact) mass is 467 g/mol. The van der Waals surface area contributed by atoms with Gasteiger partial charge in [-0.2, -0.15) is 4.98 Å². The van der Waals surface area contributed by atoms with Crippen molar-refractivity contribution >= 4 is 21.9 Å². The summed E-state index contributed by atoms with van der Waals surface area (Å²) in [7, 11) is -4.26. The van der Waals surface area contributed by atoms with Crippen LogP contribution in [-0.4, -0.2) is 35.5 Å². The molecule has 1 aromatic heterocycles. The number of aliphatic carboxylic acids is 1. The fraction of sp³-hybridized carbons (Fsp3) is 0.524. The van der Waals surface area contributed by atoms with Crippen LogP contribution < -0.4 is 4.72 Å². The number of hydrogen-bond acceptors (Lipinski definition) is 7. The fourth-order valence-electron chi connectivity index (χ4n) is 3.99. The van der Waals surface area contributed by atoms with Gasteiger partial charge in [0.15, 0.2) is 0 Å². The summed E-state index contributed by atoms with van der Waals surface area (Å²) >= 11 is 0. The largest absolute Gasteiger partial charge is 0.481 e. The topological polar surface area (TPSA) is 139 Å². The number of hydrogen-bond donors (Lipinski definition) is 2. The van der Waals surface area contributed by atoms with Crippen LogP contribution in [0.2, 0.25) is 0 Å². The van der Waals surface area contributed by atoms with Crippen LogP contribution in [0.3, 0.4) is 0 Å². The molecule has 174 valence electrons. The van der Waals surface area contributed by atoms with Gasteiger partial charge < -0.3 is 9.63 Å². The number of carbonyl (C=O) groups excluding carboxylic acids is 1. The van der Waals surface area contributed by atoms with Gasteiger partial charge in [0, 0.05) is 5.92 Å². The number of rotatable bonds is 10. The second-order valence-corrected chi connectivity index (χ2v) is 9.76. The highest BCUT2D eigenvalue weighted by Crippen LogP contribution is 2.31. The first-order valence-corrected chi connectivity index (χ1v) is 12.1. The number of nitrogens with one attached hydrogen (secondary N) is 1. The molecule has 1 heterocycles. The van der Waals surface area contributed by atoms with Crippen molar-refractivity contribution in [2.24, 2.45) is 5.92 Å². The van der Waals surface area contributed by atoms with E-state index in [1.807, 2.05) is 0 Å². The lowest BCUT2D eigenvalue weighted by molar-refractivity contribution is -0.137. The summed E-state index contributed by atoms with van der Waals surface area (Å²) in [5.74, 6) is -3.23. The molecule has 32 heavy (non-hydrogen) atoms. The normalized spacial score (nSPS) is 15.9. The van der Waals surface area contributed by atoms with Crippen LogP contribution in [0.5, 0.6) is 0 Å². The van der Waals surface area contributed by atoms with E-state index in [9.17, 15) is 27.5 Å². The third-order valence-corrected chi connectivity index (χ3v) is 7.00. The van der Waals surface area contributed by atoms with Crippen LogP contribution >= 0.6 is 0 Å². The third kappa shape index (κ3) is 6.59. The number of aromatic nitrogens is 2. The standard InChI is InChI=1S/C21H26FN3O6S/c22-16-9-11-17(12-10-16)32(29,30)25-20(28)19-23-21(31-24-19)15(13-18(26)27)8-4-7-14-5-2-1-3-6-14/h9-12,14-15H,1-8,13H2,(H,25,28)(H,26,27). The van der Waals surface area contributed by atoms with Crippen molar-refractivity contribution in [2.45, 2.75) is 68.6 Å². The summed E-state index contributed by atoms with van der Waals surface area (Å²) < 4.78 is 44.5. The van der Waals surface area contributed by atoms with E-state index in [4.69, 9.17) is 4.52 Å². The molecule has 0 saturated heterocycles. The Morgan fingerprint density at radius 3 is 2.53 bits per heavy atom. The molecule has 11 heteroatoms. The molecule has 2 N–H and O–H groups in total. The first-order valence-electron chi connectivity index (χ1n) is 10.6. The summed E-state index contributed by atoms with van der Waals surface area (Å²) in [4.78, 5) is 27.2. The maximum atomic E-state index is 13.0. The number of amides is 1. The van der Waals surface area contributed by atoms with Crippen molar-refractivity contribution < 1.29 is 32.0 Å². The van der Waals surface area contributed by atoms with E-state index in [-0.39, 0.29) is 17.2 Å². The zero-order valence-corrected chi connectivity index (χ0v) is 18.3. The summed E-state index contributed by atoms with van der Waals surface area (Å²) in [6.07, 6.45) is 8.18. The predicted octanol–water partition coefficient (Wildman–Crippen LogP) is 3.64. The summed E-state index contributed by atoms with van der Waals surface area (Å²) in [6, 6.07) is 3.94. The lowest BCUT2D eigenvalue weighted by Crippen LogP contribution is -2.31. The minimum atomic E-state index is -4.26. The molecule has 1 saturated carbocycles. The molecule has 1 aromatic carbocycles. The molecular weight excluding hydrogens is 441 g/mol. The molecule has 1 atom stereocenters. The van der Waals surface area contributed by atoms with Crippen LogP contribution in [0.25, 0.3) is 0 Å². The van der Waals surface area contributed by atoms with Gasteiger partial charge in [-0.15, -0.1) is 0 Å².